The summed E-state index contributed by atoms with van der Waals surface area (Å²) in [6.07, 6.45) is 1.14. The Kier molecular flexibility index (Phi) is 4.27. The summed E-state index contributed by atoms with van der Waals surface area (Å²) in [4.78, 5) is 2.42. The summed E-state index contributed by atoms with van der Waals surface area (Å²) in [5.74, 6) is 6.61. The van der Waals surface area contributed by atoms with Crippen molar-refractivity contribution in [1.29, 1.82) is 0 Å². The van der Waals surface area contributed by atoms with E-state index >= 15 is 0 Å². The van der Waals surface area contributed by atoms with Crippen LogP contribution in [-0.4, -0.2) is 6.54 Å². The zero-order chi connectivity index (χ0) is 18.0. The molecular formula is C25H23N. The van der Waals surface area contributed by atoms with Gasteiger partial charge >= 0.3 is 0 Å². The minimum Gasteiger partial charge on any atom is -0.341 e. The number of rotatable bonds is 1. The summed E-state index contributed by atoms with van der Waals surface area (Å²) in [5.41, 5.74) is 6.23. The Morgan fingerprint density at radius 3 is 2.15 bits per heavy atom. The minimum absolute atomic E-state index is 0.187. The molecule has 4 rings (SSSR count). The van der Waals surface area contributed by atoms with Gasteiger partial charge in [-0.15, -0.1) is 0 Å². The smallest absolute Gasteiger partial charge is 0.0461 e. The number of benzene rings is 3. The molecule has 0 N–H and O–H groups in total. The fourth-order valence-electron chi connectivity index (χ4n) is 3.59. The fourth-order valence-corrected chi connectivity index (χ4v) is 3.59. The lowest BCUT2D eigenvalue weighted by molar-refractivity contribution is 0.467. The van der Waals surface area contributed by atoms with E-state index in [0.717, 1.165) is 24.1 Å². The normalized spacial score (nSPS) is 14.9. The average molecular weight is 337 g/mol. The molecule has 0 unspecified atom stereocenters. The van der Waals surface area contributed by atoms with Crippen LogP contribution in [0.25, 0.3) is 0 Å². The predicted molar refractivity (Wildman–Crippen MR) is 110 cm³/mol. The molecule has 1 heteroatoms. The Balaban J connectivity index is 1.77. The predicted octanol–water partition coefficient (Wildman–Crippen LogP) is 5.91. The van der Waals surface area contributed by atoms with Gasteiger partial charge in [0.2, 0.25) is 0 Å². The maximum absolute atomic E-state index is 3.33. The Morgan fingerprint density at radius 2 is 1.42 bits per heavy atom. The highest BCUT2D eigenvalue weighted by Gasteiger charge is 2.31. The molecule has 0 fully saturated rings. The van der Waals surface area contributed by atoms with E-state index < -0.39 is 0 Å². The third-order valence-electron chi connectivity index (χ3n) is 5.17. The first-order chi connectivity index (χ1) is 12.6. The molecule has 1 heterocycles. The lowest BCUT2D eigenvalue weighted by Gasteiger charge is -2.40. The highest BCUT2D eigenvalue weighted by Crippen LogP contribution is 2.42. The second-order valence-electron chi connectivity index (χ2n) is 7.47. The lowest BCUT2D eigenvalue weighted by atomic mass is 9.77. The number of fused-ring (bicyclic) bond motifs is 1. The maximum atomic E-state index is 3.33. The topological polar surface area (TPSA) is 3.24 Å². The van der Waals surface area contributed by atoms with Gasteiger partial charge in [0.15, 0.2) is 0 Å². The molecule has 0 atom stereocenters. The quantitative estimate of drug-likeness (QED) is 0.499. The van der Waals surface area contributed by atoms with Crippen LogP contribution in [0.5, 0.6) is 0 Å². The number of hydrogen-bond donors (Lipinski definition) is 0. The zero-order valence-electron chi connectivity index (χ0n) is 15.4. The summed E-state index contributed by atoms with van der Waals surface area (Å²) in [6.45, 7) is 5.70. The zero-order valence-corrected chi connectivity index (χ0v) is 15.4. The highest BCUT2D eigenvalue weighted by molar-refractivity contribution is 5.71. The molecule has 0 spiro atoms. The Morgan fingerprint density at radius 1 is 0.769 bits per heavy atom. The third-order valence-corrected chi connectivity index (χ3v) is 5.17. The molecule has 0 amide bonds. The first-order valence-electron chi connectivity index (χ1n) is 9.18. The summed E-state index contributed by atoms with van der Waals surface area (Å²) in [6, 6.07) is 27.5. The molecule has 3 aromatic carbocycles. The second-order valence-corrected chi connectivity index (χ2v) is 7.47. The van der Waals surface area contributed by atoms with E-state index in [-0.39, 0.29) is 5.41 Å². The van der Waals surface area contributed by atoms with E-state index in [1.165, 1.54) is 16.9 Å². The molecule has 0 aliphatic carbocycles. The van der Waals surface area contributed by atoms with Gasteiger partial charge in [-0.2, -0.15) is 0 Å². The molecule has 1 aliphatic heterocycles. The van der Waals surface area contributed by atoms with Crippen LogP contribution in [0.4, 0.5) is 11.4 Å². The largest absolute Gasteiger partial charge is 0.341 e. The highest BCUT2D eigenvalue weighted by atomic mass is 15.1. The van der Waals surface area contributed by atoms with E-state index in [4.69, 9.17) is 0 Å². The van der Waals surface area contributed by atoms with Crippen molar-refractivity contribution in [2.45, 2.75) is 25.7 Å². The molecule has 0 saturated heterocycles. The monoisotopic (exact) mass is 337 g/mol. The van der Waals surface area contributed by atoms with Crippen molar-refractivity contribution >= 4 is 11.4 Å². The van der Waals surface area contributed by atoms with Gasteiger partial charge in [0, 0.05) is 29.0 Å². The van der Waals surface area contributed by atoms with Crippen molar-refractivity contribution in [3.8, 4) is 11.8 Å². The van der Waals surface area contributed by atoms with Gasteiger partial charge in [0.1, 0.15) is 0 Å². The number of para-hydroxylation sites is 1. The van der Waals surface area contributed by atoms with Gasteiger partial charge in [-0.1, -0.05) is 68.2 Å². The van der Waals surface area contributed by atoms with Crippen LogP contribution in [0.1, 0.15) is 37.0 Å². The van der Waals surface area contributed by atoms with Crippen molar-refractivity contribution in [2.24, 2.45) is 0 Å². The summed E-state index contributed by atoms with van der Waals surface area (Å²) in [5, 5.41) is 0. The van der Waals surface area contributed by atoms with E-state index in [1.807, 2.05) is 30.3 Å². The standard InChI is InChI=1S/C25H23N/c1-25(2)17-18-26(22-11-7-4-8-12-22)24-19-21(15-16-23(24)25)14-13-20-9-5-3-6-10-20/h3-12,15-16,19H,17-18H2,1-2H3. The van der Waals surface area contributed by atoms with Crippen molar-refractivity contribution in [2.75, 3.05) is 11.4 Å². The van der Waals surface area contributed by atoms with Gasteiger partial charge in [0.25, 0.3) is 0 Å². The SMILES string of the molecule is CC1(C)CCN(c2ccccc2)c2cc(C#Cc3ccccc3)ccc21. The number of anilines is 2. The summed E-state index contributed by atoms with van der Waals surface area (Å²) < 4.78 is 0. The van der Waals surface area contributed by atoms with Crippen LogP contribution in [0, 0.1) is 11.8 Å². The Hall–Kier alpha value is -2.98. The lowest BCUT2D eigenvalue weighted by Crippen LogP contribution is -2.34. The third kappa shape index (κ3) is 3.24. The second kappa shape index (κ2) is 6.73. The summed E-state index contributed by atoms with van der Waals surface area (Å²) in [7, 11) is 0. The number of nitrogens with zero attached hydrogens (tertiary/aromatic N) is 1. The van der Waals surface area contributed by atoms with E-state index in [2.05, 4.69) is 79.1 Å². The number of hydrogen-bond acceptors (Lipinski definition) is 1. The molecule has 1 nitrogen and oxygen atoms in total. The van der Waals surface area contributed by atoms with Gasteiger partial charge < -0.3 is 4.90 Å². The Bertz CT molecular complexity index is 959. The van der Waals surface area contributed by atoms with E-state index in [1.54, 1.807) is 0 Å². The summed E-state index contributed by atoms with van der Waals surface area (Å²) >= 11 is 0. The van der Waals surface area contributed by atoms with Gasteiger partial charge in [-0.05, 0) is 53.8 Å². The maximum Gasteiger partial charge on any atom is 0.0461 e. The van der Waals surface area contributed by atoms with Crippen LogP contribution < -0.4 is 4.90 Å². The first-order valence-corrected chi connectivity index (χ1v) is 9.18. The molecule has 26 heavy (non-hydrogen) atoms. The van der Waals surface area contributed by atoms with Crippen LogP contribution in [0.3, 0.4) is 0 Å². The van der Waals surface area contributed by atoms with E-state index in [9.17, 15) is 0 Å². The molecular weight excluding hydrogens is 314 g/mol. The Labute approximate surface area is 156 Å². The minimum atomic E-state index is 0.187. The van der Waals surface area contributed by atoms with Gasteiger partial charge in [0.05, 0.1) is 0 Å². The molecule has 0 bridgehead atoms. The van der Waals surface area contributed by atoms with Crippen molar-refractivity contribution in [3.05, 3.63) is 95.6 Å². The van der Waals surface area contributed by atoms with Crippen molar-refractivity contribution in [3.63, 3.8) is 0 Å². The molecule has 128 valence electrons. The van der Waals surface area contributed by atoms with Gasteiger partial charge in [-0.25, -0.2) is 0 Å². The molecule has 3 aromatic rings. The fraction of sp³-hybridized carbons (Fsp3) is 0.200. The molecule has 0 saturated carbocycles. The molecule has 0 radical (unpaired) electrons. The first kappa shape index (κ1) is 16.5. The molecule has 0 aromatic heterocycles. The van der Waals surface area contributed by atoms with Crippen LogP contribution in [0.15, 0.2) is 78.9 Å². The van der Waals surface area contributed by atoms with Crippen LogP contribution in [0.2, 0.25) is 0 Å². The van der Waals surface area contributed by atoms with Crippen molar-refractivity contribution < 1.29 is 0 Å². The van der Waals surface area contributed by atoms with Gasteiger partial charge in [-0.3, -0.25) is 0 Å². The van der Waals surface area contributed by atoms with Crippen LogP contribution >= 0.6 is 0 Å². The molecule has 1 aliphatic rings. The van der Waals surface area contributed by atoms with Crippen LogP contribution in [-0.2, 0) is 5.41 Å². The average Bonchev–Trinajstić information content (AvgIpc) is 2.68. The van der Waals surface area contributed by atoms with E-state index in [0.29, 0.717) is 0 Å². The van der Waals surface area contributed by atoms with Crippen molar-refractivity contribution in [1.82, 2.24) is 0 Å².